The van der Waals surface area contributed by atoms with Gasteiger partial charge in [0.15, 0.2) is 0 Å². The molecule has 14 valence electrons. The summed E-state index contributed by atoms with van der Waals surface area (Å²) in [4.78, 5) is 0. The minimum absolute atomic E-state index is 0. The molecule has 0 atom stereocenters. The van der Waals surface area contributed by atoms with E-state index in [1.807, 2.05) is 0 Å². The summed E-state index contributed by atoms with van der Waals surface area (Å²) in [6.07, 6.45) is 0. The summed E-state index contributed by atoms with van der Waals surface area (Å²) >= 11 is 0. The first-order valence-corrected chi connectivity index (χ1v) is 0.612. The van der Waals surface area contributed by atoms with Crippen molar-refractivity contribution in [1.29, 1.82) is 0 Å². The van der Waals surface area contributed by atoms with Gasteiger partial charge in [-0.1, -0.05) is 0 Å². The molecule has 0 N–H and O–H groups in total. The van der Waals surface area contributed by atoms with E-state index in [1.165, 1.54) is 0 Å². The zero-order chi connectivity index (χ0) is 2.00. The van der Waals surface area contributed by atoms with Gasteiger partial charge in [-0.3, -0.25) is 0 Å². The monoisotopic (exact) mass is 132 g/mol. The van der Waals surface area contributed by atoms with E-state index in [2.05, 4.69) is 0 Å². The maximum Gasteiger partial charge on any atom is 0 e. The average molecular weight is 133 g/mol. The second-order valence-corrected chi connectivity index (χ2v) is 0. The van der Waals surface area contributed by atoms with Gasteiger partial charge in [0.1, 0.15) is 0 Å². The van der Waals surface area contributed by atoms with Gasteiger partial charge >= 0.3 is 39.7 Å². The molecule has 2 radical (unpaired) electrons. The maximum atomic E-state index is 8.06. The molecule has 4 heteroatoms. The van der Waals surface area contributed by atoms with Crippen molar-refractivity contribution in [2.75, 3.05) is 0 Å². The minimum Gasteiger partial charge on any atom is 0 e. The Kier molecular flexibility index (Phi) is 99.5. The van der Waals surface area contributed by atoms with Crippen LogP contribution in [0.5, 0.6) is 0 Å². The third kappa shape index (κ3) is 9.43. The van der Waals surface area contributed by atoms with E-state index in [0.717, 1.165) is 0 Å². The first kappa shape index (κ1) is 17.4. The summed E-state index contributed by atoms with van der Waals surface area (Å²) in [7, 11) is 1.72. The topological polar surface area (TPSA) is 17.1 Å². The van der Waals surface area contributed by atoms with Crippen LogP contribution in [0.2, 0.25) is 0 Å². The van der Waals surface area contributed by atoms with E-state index in [4.69, 9.17) is 4.46 Å². The van der Waals surface area contributed by atoms with Crippen LogP contribution in [0.25, 0.3) is 0 Å². The van der Waals surface area contributed by atoms with Gasteiger partial charge in [0.05, 0.1) is 0 Å². The molecule has 0 heterocycles. The fourth-order valence-corrected chi connectivity index (χ4v) is 0. The Bertz CT molecular complexity index is 8.00. The second-order valence-electron chi connectivity index (χ2n) is 0. The number of hydrogen-bond donors (Lipinski definition) is 0. The predicted octanol–water partition coefficient (Wildman–Crippen LogP) is -1.15. The molecule has 0 spiro atoms. The molecular weight excluding hydrogens is 132 g/mol. The van der Waals surface area contributed by atoms with Gasteiger partial charge in [-0.25, -0.2) is 0 Å². The predicted molar refractivity (Wildman–Crippen MR) is 13.6 cm³/mol. The number of hydrogen-bond acceptors (Lipinski definition) is 1. The average Bonchev–Trinajstić information content (AvgIpc) is 1.00. The van der Waals surface area contributed by atoms with E-state index in [0.29, 0.717) is 0 Å². The molecular formula is HNaOSiZn. The molecule has 0 aromatic rings. The zero-order valence-electron chi connectivity index (χ0n) is 1.62. The Hall–Kier alpha value is 1.64. The van der Waals surface area contributed by atoms with Crippen molar-refractivity contribution in [2.24, 2.45) is 0 Å². The van der Waals surface area contributed by atoms with E-state index < -0.39 is 0 Å². The molecule has 0 bridgehead atoms. The van der Waals surface area contributed by atoms with Crippen LogP contribution in [0, 0.1) is 0 Å². The Morgan fingerprint density at radius 1 is 1.25 bits per heavy atom. The molecule has 4 heavy (non-hydrogen) atoms. The summed E-state index contributed by atoms with van der Waals surface area (Å²) in [6.45, 7) is 0. The Morgan fingerprint density at radius 3 is 1.25 bits per heavy atom. The van der Waals surface area contributed by atoms with Crippen LogP contribution >= 0.6 is 0 Å². The van der Waals surface area contributed by atoms with Gasteiger partial charge in [0.2, 0.25) is 0 Å². The van der Waals surface area contributed by atoms with Crippen LogP contribution in [-0.4, -0.2) is 39.7 Å². The van der Waals surface area contributed by atoms with Gasteiger partial charge < -0.3 is 4.46 Å². The van der Waals surface area contributed by atoms with Gasteiger partial charge in [-0.2, -0.15) is 0 Å². The second kappa shape index (κ2) is 22.9. The van der Waals surface area contributed by atoms with Gasteiger partial charge in [0.25, 0.3) is 0 Å². The maximum absolute atomic E-state index is 8.06. The minimum atomic E-state index is 0. The van der Waals surface area contributed by atoms with Crippen LogP contribution in [0.15, 0.2) is 0 Å². The van der Waals surface area contributed by atoms with Crippen molar-refractivity contribution in [3.63, 3.8) is 0 Å². The van der Waals surface area contributed by atoms with Crippen LogP contribution in [0.1, 0.15) is 0 Å². The summed E-state index contributed by atoms with van der Waals surface area (Å²) in [5.41, 5.74) is 0. The normalized spacial score (nSPS) is 1.00. The fraction of sp³-hybridized carbons (Fsp3) is 0. The first-order valence-electron chi connectivity index (χ1n) is 0.204. The number of rotatable bonds is 0. The van der Waals surface area contributed by atoms with Gasteiger partial charge in [0, 0.05) is 19.5 Å². The summed E-state index contributed by atoms with van der Waals surface area (Å²) in [6, 6.07) is 0. The van der Waals surface area contributed by atoms with Crippen molar-refractivity contribution < 1.29 is 23.9 Å². The third-order valence-electron chi connectivity index (χ3n) is 0. The summed E-state index contributed by atoms with van der Waals surface area (Å²) in [5, 5.41) is 0. The van der Waals surface area contributed by atoms with Crippen molar-refractivity contribution in [3.8, 4) is 0 Å². The van der Waals surface area contributed by atoms with E-state index in [1.54, 1.807) is 10.1 Å². The summed E-state index contributed by atoms with van der Waals surface area (Å²) < 4.78 is 8.06. The Balaban J connectivity index is -0.00000000500. The molecule has 0 aliphatic carbocycles. The molecule has 0 rings (SSSR count). The molecule has 0 aromatic carbocycles. The zero-order valence-corrected chi connectivity index (χ0v) is 5.58. The van der Waals surface area contributed by atoms with E-state index in [-0.39, 0.29) is 49.0 Å². The molecule has 0 saturated heterocycles. The molecule has 0 aliphatic heterocycles. The first-order chi connectivity index (χ1) is 1.00. The van der Waals surface area contributed by atoms with Crippen LogP contribution in [0.4, 0.5) is 0 Å². The molecule has 0 unspecified atom stereocenters. The van der Waals surface area contributed by atoms with Crippen molar-refractivity contribution >= 4 is 39.7 Å². The van der Waals surface area contributed by atoms with Crippen molar-refractivity contribution in [3.05, 3.63) is 0 Å². The smallest absolute Gasteiger partial charge is 0 e. The molecule has 0 amide bonds. The Labute approximate surface area is 63.1 Å². The third-order valence-corrected chi connectivity index (χ3v) is 0. The van der Waals surface area contributed by atoms with E-state index in [9.17, 15) is 0 Å². The summed E-state index contributed by atoms with van der Waals surface area (Å²) in [5.74, 6) is 0. The largest absolute Gasteiger partial charge is 0 e. The van der Waals surface area contributed by atoms with Crippen LogP contribution in [0.3, 0.4) is 0 Å². The Morgan fingerprint density at radius 2 is 1.25 bits per heavy atom. The molecule has 1 nitrogen and oxygen atoms in total. The van der Waals surface area contributed by atoms with Crippen molar-refractivity contribution in [2.45, 2.75) is 0 Å². The van der Waals surface area contributed by atoms with E-state index >= 15 is 0 Å². The van der Waals surface area contributed by atoms with Crippen molar-refractivity contribution in [1.82, 2.24) is 0 Å². The van der Waals surface area contributed by atoms with Crippen LogP contribution < -0.4 is 0 Å². The van der Waals surface area contributed by atoms with Crippen LogP contribution in [-0.2, 0) is 23.9 Å². The molecule has 0 saturated carbocycles. The SMILES string of the molecule is O=[Si].[NaH].[Zn]. The molecule has 0 aliphatic rings. The quantitative estimate of drug-likeness (QED) is 0.382. The fourth-order valence-electron chi connectivity index (χ4n) is 0. The van der Waals surface area contributed by atoms with Gasteiger partial charge in [-0.05, 0) is 0 Å². The molecule has 0 aromatic heterocycles. The standard InChI is InChI=1S/Na.OSi.Zn.H/c;1-2;;. The molecule has 0 fully saturated rings. The van der Waals surface area contributed by atoms with Gasteiger partial charge in [-0.15, -0.1) is 0 Å².